The Hall–Kier alpha value is -0.730. The maximum atomic E-state index is 5.97. The van der Waals surface area contributed by atoms with Crippen LogP contribution in [0.25, 0.3) is 0 Å². The summed E-state index contributed by atoms with van der Waals surface area (Å²) in [4.78, 5) is 2.10. The van der Waals surface area contributed by atoms with E-state index >= 15 is 0 Å². The van der Waals surface area contributed by atoms with Crippen molar-refractivity contribution in [2.75, 3.05) is 21.2 Å². The molecule has 0 saturated heterocycles. The first-order chi connectivity index (χ1) is 6.13. The van der Waals surface area contributed by atoms with Gasteiger partial charge in [0.1, 0.15) is 5.75 Å². The van der Waals surface area contributed by atoms with Gasteiger partial charge in [0.15, 0.2) is 0 Å². The molecule has 2 nitrogen and oxygen atoms in total. The summed E-state index contributed by atoms with van der Waals surface area (Å²) in [6.07, 6.45) is 0. The normalized spacial score (nSPS) is 10.5. The molecule has 0 amide bonds. The minimum atomic E-state index is 0.668. The molecule has 0 N–H and O–H groups in total. The molecule has 0 aromatic heterocycles. The van der Waals surface area contributed by atoms with Crippen molar-refractivity contribution in [1.29, 1.82) is 0 Å². The van der Waals surface area contributed by atoms with Crippen LogP contribution in [-0.4, -0.2) is 26.1 Å². The third-order valence-electron chi connectivity index (χ3n) is 1.72. The Kier molecular flexibility index (Phi) is 3.58. The van der Waals surface area contributed by atoms with Gasteiger partial charge in [-0.15, -0.1) is 0 Å². The average Bonchev–Trinajstić information content (AvgIpc) is 2.03. The van der Waals surface area contributed by atoms with Crippen molar-refractivity contribution >= 4 is 11.6 Å². The Bertz CT molecular complexity index is 286. The molecule has 0 spiro atoms. The summed E-state index contributed by atoms with van der Waals surface area (Å²) in [6.45, 7) is 0.893. The van der Waals surface area contributed by atoms with Crippen LogP contribution >= 0.6 is 11.6 Å². The van der Waals surface area contributed by atoms with Gasteiger partial charge >= 0.3 is 0 Å². The smallest absolute Gasteiger partial charge is 0.137 e. The number of benzene rings is 1. The summed E-state index contributed by atoms with van der Waals surface area (Å²) < 4.78 is 5.06. The maximum Gasteiger partial charge on any atom is 0.137 e. The van der Waals surface area contributed by atoms with Crippen molar-refractivity contribution in [2.24, 2.45) is 0 Å². The molecule has 0 atom stereocenters. The third kappa shape index (κ3) is 2.90. The fourth-order valence-electron chi connectivity index (χ4n) is 1.17. The summed E-state index contributed by atoms with van der Waals surface area (Å²) in [5, 5.41) is 0.668. The summed E-state index contributed by atoms with van der Waals surface area (Å²) in [7, 11) is 5.67. The number of methoxy groups -OCH3 is 1. The minimum absolute atomic E-state index is 0.668. The lowest BCUT2D eigenvalue weighted by molar-refractivity contribution is 0.399. The van der Waals surface area contributed by atoms with E-state index in [1.807, 2.05) is 32.3 Å². The molecule has 1 rings (SSSR count). The molecule has 72 valence electrons. The lowest BCUT2D eigenvalue weighted by atomic mass is 10.2. The van der Waals surface area contributed by atoms with Crippen LogP contribution in [0.3, 0.4) is 0 Å². The van der Waals surface area contributed by atoms with Crippen LogP contribution in [0, 0.1) is 0 Å². The number of halogens is 1. The third-order valence-corrected chi connectivity index (χ3v) is 2.01. The zero-order valence-electron chi connectivity index (χ0n) is 8.17. The van der Waals surface area contributed by atoms with Crippen molar-refractivity contribution in [2.45, 2.75) is 6.54 Å². The molecule has 1 aromatic rings. The molecule has 0 aliphatic carbocycles. The van der Waals surface area contributed by atoms with Crippen molar-refractivity contribution in [1.82, 2.24) is 4.90 Å². The van der Waals surface area contributed by atoms with Gasteiger partial charge in [-0.25, -0.2) is 0 Å². The second-order valence-corrected chi connectivity index (χ2v) is 3.61. The Morgan fingerprint density at radius 3 is 2.54 bits per heavy atom. The Morgan fingerprint density at radius 1 is 1.38 bits per heavy atom. The van der Waals surface area contributed by atoms with Gasteiger partial charge in [0, 0.05) is 6.54 Å². The van der Waals surface area contributed by atoms with Gasteiger partial charge in [0.2, 0.25) is 0 Å². The quantitative estimate of drug-likeness (QED) is 0.742. The SMILES string of the molecule is COc1ccc(CN(C)C)cc1Cl. The van der Waals surface area contributed by atoms with Gasteiger partial charge in [-0.1, -0.05) is 17.7 Å². The van der Waals surface area contributed by atoms with E-state index in [2.05, 4.69) is 4.90 Å². The van der Waals surface area contributed by atoms with Gasteiger partial charge in [-0.2, -0.15) is 0 Å². The molecule has 0 fully saturated rings. The zero-order chi connectivity index (χ0) is 9.84. The number of hydrogen-bond acceptors (Lipinski definition) is 2. The average molecular weight is 200 g/mol. The van der Waals surface area contributed by atoms with Crippen LogP contribution in [-0.2, 0) is 6.54 Å². The molecule has 0 heterocycles. The van der Waals surface area contributed by atoms with E-state index in [9.17, 15) is 0 Å². The fraction of sp³-hybridized carbons (Fsp3) is 0.400. The van der Waals surface area contributed by atoms with Crippen LogP contribution in [0.5, 0.6) is 5.75 Å². The maximum absolute atomic E-state index is 5.97. The number of rotatable bonds is 3. The molecule has 0 aliphatic heterocycles. The monoisotopic (exact) mass is 199 g/mol. The van der Waals surface area contributed by atoms with E-state index in [1.165, 1.54) is 5.56 Å². The van der Waals surface area contributed by atoms with Crippen LogP contribution in [0.2, 0.25) is 5.02 Å². The van der Waals surface area contributed by atoms with Crippen molar-refractivity contribution in [3.63, 3.8) is 0 Å². The van der Waals surface area contributed by atoms with Crippen LogP contribution in [0.4, 0.5) is 0 Å². The standard InChI is InChI=1S/C10H14ClNO/c1-12(2)7-8-4-5-10(13-3)9(11)6-8/h4-6H,7H2,1-3H3. The molecule has 0 radical (unpaired) electrons. The van der Waals surface area contributed by atoms with Gasteiger partial charge in [-0.05, 0) is 31.8 Å². The highest BCUT2D eigenvalue weighted by atomic mass is 35.5. The Balaban J connectivity index is 2.83. The van der Waals surface area contributed by atoms with Crippen LogP contribution in [0.1, 0.15) is 5.56 Å². The molecule has 0 saturated carbocycles. The van der Waals surface area contributed by atoms with Crippen molar-refractivity contribution in [3.05, 3.63) is 28.8 Å². The number of nitrogens with zero attached hydrogens (tertiary/aromatic N) is 1. The van der Waals surface area contributed by atoms with Gasteiger partial charge in [0.05, 0.1) is 12.1 Å². The Morgan fingerprint density at radius 2 is 2.08 bits per heavy atom. The van der Waals surface area contributed by atoms with Gasteiger partial charge in [0.25, 0.3) is 0 Å². The largest absolute Gasteiger partial charge is 0.495 e. The second kappa shape index (κ2) is 4.49. The predicted octanol–water partition coefficient (Wildman–Crippen LogP) is 2.41. The van der Waals surface area contributed by atoms with E-state index in [4.69, 9.17) is 16.3 Å². The predicted molar refractivity (Wildman–Crippen MR) is 55.4 cm³/mol. The highest BCUT2D eigenvalue weighted by Gasteiger charge is 2.01. The van der Waals surface area contributed by atoms with E-state index in [0.29, 0.717) is 5.02 Å². The first kappa shape index (κ1) is 10.4. The van der Waals surface area contributed by atoms with Crippen molar-refractivity contribution < 1.29 is 4.74 Å². The first-order valence-corrected chi connectivity index (χ1v) is 4.48. The minimum Gasteiger partial charge on any atom is -0.495 e. The van der Waals surface area contributed by atoms with Gasteiger partial charge in [-0.3, -0.25) is 0 Å². The molecule has 3 heteroatoms. The molecule has 0 bridgehead atoms. The topological polar surface area (TPSA) is 12.5 Å². The lowest BCUT2D eigenvalue weighted by Gasteiger charge is -2.10. The first-order valence-electron chi connectivity index (χ1n) is 4.10. The zero-order valence-corrected chi connectivity index (χ0v) is 8.93. The lowest BCUT2D eigenvalue weighted by Crippen LogP contribution is -2.10. The van der Waals surface area contributed by atoms with Gasteiger partial charge < -0.3 is 9.64 Å². The van der Waals surface area contributed by atoms with Crippen molar-refractivity contribution in [3.8, 4) is 5.75 Å². The Labute approximate surface area is 84.1 Å². The van der Waals surface area contributed by atoms with E-state index in [1.54, 1.807) is 7.11 Å². The molecular weight excluding hydrogens is 186 g/mol. The molecule has 0 aliphatic rings. The van der Waals surface area contributed by atoms with E-state index in [-0.39, 0.29) is 0 Å². The summed E-state index contributed by atoms with van der Waals surface area (Å²) >= 11 is 5.97. The summed E-state index contributed by atoms with van der Waals surface area (Å²) in [6, 6.07) is 5.84. The number of ether oxygens (including phenoxy) is 1. The fourth-order valence-corrected chi connectivity index (χ4v) is 1.45. The molecule has 0 unspecified atom stereocenters. The van der Waals surface area contributed by atoms with Crippen LogP contribution in [0.15, 0.2) is 18.2 Å². The van der Waals surface area contributed by atoms with E-state index in [0.717, 1.165) is 12.3 Å². The second-order valence-electron chi connectivity index (χ2n) is 3.21. The van der Waals surface area contributed by atoms with E-state index < -0.39 is 0 Å². The molecular formula is C10H14ClNO. The summed E-state index contributed by atoms with van der Waals surface area (Å²) in [5.74, 6) is 0.726. The highest BCUT2D eigenvalue weighted by Crippen LogP contribution is 2.25. The highest BCUT2D eigenvalue weighted by molar-refractivity contribution is 6.32. The molecule has 1 aromatic carbocycles. The summed E-state index contributed by atoms with van der Waals surface area (Å²) in [5.41, 5.74) is 1.19. The number of hydrogen-bond donors (Lipinski definition) is 0. The van der Waals surface area contributed by atoms with Crippen LogP contribution < -0.4 is 4.74 Å². The molecule has 13 heavy (non-hydrogen) atoms.